The Labute approximate surface area is 190 Å². The number of hydrogen-bond acceptors (Lipinski definition) is 1. The standard InChI is InChI=1S/C27H31BrOSi/c1-26(2,19-18-23-20-27(23,21-28)22-12-6-3-7-13-22)30(29,24-14-8-4-9-15-24)25-16-10-5-11-17-25/h3-17,23,29H,18-21H2,1-2H3. The summed E-state index contributed by atoms with van der Waals surface area (Å²) in [6.45, 7) is 4.56. The van der Waals surface area contributed by atoms with E-state index in [1.807, 2.05) is 12.1 Å². The zero-order valence-electron chi connectivity index (χ0n) is 17.9. The summed E-state index contributed by atoms with van der Waals surface area (Å²) >= 11 is 3.80. The van der Waals surface area contributed by atoms with Gasteiger partial charge in [0.05, 0.1) is 0 Å². The largest absolute Gasteiger partial charge is 0.424 e. The van der Waals surface area contributed by atoms with Gasteiger partial charge in [-0.25, -0.2) is 0 Å². The third-order valence-corrected chi connectivity index (χ3v) is 12.8. The van der Waals surface area contributed by atoms with Crippen LogP contribution in [-0.4, -0.2) is 18.4 Å². The lowest BCUT2D eigenvalue weighted by Gasteiger charge is -2.41. The quantitative estimate of drug-likeness (QED) is 0.327. The maximum atomic E-state index is 12.3. The first-order valence-corrected chi connectivity index (χ1v) is 14.0. The van der Waals surface area contributed by atoms with Crippen LogP contribution in [0.25, 0.3) is 0 Å². The third-order valence-electron chi connectivity index (χ3n) is 7.30. The summed E-state index contributed by atoms with van der Waals surface area (Å²) in [5.74, 6) is 0.670. The molecule has 4 rings (SSSR count). The van der Waals surface area contributed by atoms with Gasteiger partial charge in [0.25, 0.3) is 8.32 Å². The number of hydrogen-bond donors (Lipinski definition) is 1. The minimum absolute atomic E-state index is 0.174. The fourth-order valence-corrected chi connectivity index (χ4v) is 9.91. The van der Waals surface area contributed by atoms with Gasteiger partial charge in [-0.05, 0) is 46.2 Å². The SMILES string of the molecule is CC(C)(CCC1CC1(CBr)c1ccccc1)[Si](O)(c1ccccc1)c1ccccc1. The van der Waals surface area contributed by atoms with Crippen molar-refractivity contribution in [1.82, 2.24) is 0 Å². The normalized spacial score (nSPS) is 21.4. The molecule has 0 saturated heterocycles. The molecule has 0 spiro atoms. The first-order chi connectivity index (χ1) is 14.4. The van der Waals surface area contributed by atoms with Gasteiger partial charge < -0.3 is 4.80 Å². The molecule has 2 unspecified atom stereocenters. The van der Waals surface area contributed by atoms with E-state index in [1.165, 1.54) is 12.0 Å². The van der Waals surface area contributed by atoms with E-state index in [0.717, 1.165) is 28.5 Å². The zero-order valence-corrected chi connectivity index (χ0v) is 20.5. The van der Waals surface area contributed by atoms with Crippen molar-refractivity contribution in [1.29, 1.82) is 0 Å². The lowest BCUT2D eigenvalue weighted by molar-refractivity contribution is 0.439. The highest BCUT2D eigenvalue weighted by Gasteiger charge is 2.56. The number of benzene rings is 3. The Kier molecular flexibility index (Phi) is 6.07. The summed E-state index contributed by atoms with van der Waals surface area (Å²) in [6, 6.07) is 31.7. The molecule has 0 aromatic heterocycles. The van der Waals surface area contributed by atoms with Gasteiger partial charge in [-0.2, -0.15) is 0 Å². The van der Waals surface area contributed by atoms with E-state index in [0.29, 0.717) is 5.92 Å². The second-order valence-electron chi connectivity index (χ2n) is 9.42. The lowest BCUT2D eigenvalue weighted by atomic mass is 9.92. The highest BCUT2D eigenvalue weighted by molar-refractivity contribution is 9.09. The topological polar surface area (TPSA) is 20.2 Å². The molecule has 1 saturated carbocycles. The molecule has 1 aliphatic rings. The molecule has 0 heterocycles. The molecule has 3 heteroatoms. The van der Waals surface area contributed by atoms with Crippen molar-refractivity contribution in [2.75, 3.05) is 5.33 Å². The predicted octanol–water partition coefficient (Wildman–Crippen LogP) is 5.65. The first-order valence-electron chi connectivity index (χ1n) is 10.9. The molecule has 30 heavy (non-hydrogen) atoms. The number of halogens is 1. The summed E-state index contributed by atoms with van der Waals surface area (Å²) in [4.78, 5) is 12.3. The smallest absolute Gasteiger partial charge is 0.258 e. The van der Waals surface area contributed by atoms with E-state index in [9.17, 15) is 4.80 Å². The minimum atomic E-state index is -2.92. The molecule has 0 radical (unpaired) electrons. The average molecular weight is 480 g/mol. The minimum Gasteiger partial charge on any atom is -0.424 e. The van der Waals surface area contributed by atoms with Crippen molar-refractivity contribution in [3.05, 3.63) is 96.6 Å². The Balaban J connectivity index is 1.60. The number of alkyl halides is 1. The van der Waals surface area contributed by atoms with Crippen LogP contribution in [0, 0.1) is 5.92 Å². The molecule has 0 bridgehead atoms. The average Bonchev–Trinajstić information content (AvgIpc) is 3.54. The Morgan fingerprint density at radius 3 is 1.80 bits per heavy atom. The van der Waals surface area contributed by atoms with Crippen LogP contribution in [0.5, 0.6) is 0 Å². The van der Waals surface area contributed by atoms with Gasteiger partial charge in [0.15, 0.2) is 0 Å². The molecule has 0 amide bonds. The van der Waals surface area contributed by atoms with E-state index in [4.69, 9.17) is 0 Å². The highest BCUT2D eigenvalue weighted by atomic mass is 79.9. The second kappa shape index (κ2) is 8.45. The highest BCUT2D eigenvalue weighted by Crippen LogP contribution is 2.59. The van der Waals surface area contributed by atoms with Crippen LogP contribution < -0.4 is 10.4 Å². The summed E-state index contributed by atoms with van der Waals surface area (Å²) in [7, 11) is -2.92. The molecule has 156 valence electrons. The number of rotatable bonds is 8. The molecule has 3 aromatic carbocycles. The van der Waals surface area contributed by atoms with Gasteiger partial charge in [-0.15, -0.1) is 0 Å². The second-order valence-corrected chi connectivity index (χ2v) is 13.9. The van der Waals surface area contributed by atoms with Crippen molar-refractivity contribution in [3.63, 3.8) is 0 Å². The van der Waals surface area contributed by atoms with Crippen LogP contribution in [0.3, 0.4) is 0 Å². The van der Waals surface area contributed by atoms with Gasteiger partial charge in [0, 0.05) is 10.7 Å². The lowest BCUT2D eigenvalue weighted by Crippen LogP contribution is -2.65. The van der Waals surface area contributed by atoms with Crippen molar-refractivity contribution in [3.8, 4) is 0 Å². The Morgan fingerprint density at radius 2 is 1.33 bits per heavy atom. The van der Waals surface area contributed by atoms with Crippen molar-refractivity contribution >= 4 is 34.6 Å². The van der Waals surface area contributed by atoms with Gasteiger partial charge in [-0.3, -0.25) is 0 Å². The Hall–Kier alpha value is -1.68. The van der Waals surface area contributed by atoms with Crippen LogP contribution in [-0.2, 0) is 5.41 Å². The summed E-state index contributed by atoms with van der Waals surface area (Å²) in [6.07, 6.45) is 3.39. The first kappa shape index (κ1) is 21.5. The molecule has 1 aliphatic carbocycles. The molecule has 3 aromatic rings. The van der Waals surface area contributed by atoms with Crippen molar-refractivity contribution < 1.29 is 4.80 Å². The molecule has 1 fully saturated rings. The van der Waals surface area contributed by atoms with E-state index in [-0.39, 0.29) is 10.5 Å². The van der Waals surface area contributed by atoms with Crippen molar-refractivity contribution in [2.24, 2.45) is 5.92 Å². The molecule has 1 N–H and O–H groups in total. The molecular weight excluding hydrogens is 448 g/mol. The van der Waals surface area contributed by atoms with Crippen LogP contribution in [0.1, 0.15) is 38.7 Å². The maximum absolute atomic E-state index is 12.3. The third kappa shape index (κ3) is 3.72. The van der Waals surface area contributed by atoms with E-state index in [2.05, 4.69) is 109 Å². The van der Waals surface area contributed by atoms with Crippen molar-refractivity contribution in [2.45, 2.75) is 43.6 Å². The summed E-state index contributed by atoms with van der Waals surface area (Å²) in [5.41, 5.74) is 1.71. The van der Waals surface area contributed by atoms with Crippen LogP contribution >= 0.6 is 15.9 Å². The van der Waals surface area contributed by atoms with Gasteiger partial charge >= 0.3 is 0 Å². The Morgan fingerprint density at radius 1 is 0.867 bits per heavy atom. The molecule has 2 atom stereocenters. The summed E-state index contributed by atoms with van der Waals surface area (Å²) in [5, 5.41) is 3.04. The monoisotopic (exact) mass is 478 g/mol. The van der Waals surface area contributed by atoms with Gasteiger partial charge in [0.2, 0.25) is 0 Å². The van der Waals surface area contributed by atoms with E-state index in [1.54, 1.807) is 0 Å². The predicted molar refractivity (Wildman–Crippen MR) is 133 cm³/mol. The van der Waals surface area contributed by atoms with Crippen LogP contribution in [0.15, 0.2) is 91.0 Å². The zero-order chi connectivity index (χ0) is 21.2. The Bertz CT molecular complexity index is 918. The molecule has 1 nitrogen and oxygen atoms in total. The van der Waals surface area contributed by atoms with Crippen LogP contribution in [0.2, 0.25) is 5.04 Å². The van der Waals surface area contributed by atoms with Gasteiger partial charge in [0.1, 0.15) is 0 Å². The fourth-order valence-electron chi connectivity index (χ4n) is 5.15. The molecule has 0 aliphatic heterocycles. The summed E-state index contributed by atoms with van der Waals surface area (Å²) < 4.78 is 0. The van der Waals surface area contributed by atoms with E-state index < -0.39 is 8.32 Å². The van der Waals surface area contributed by atoms with E-state index >= 15 is 0 Å². The molecular formula is C27H31BrOSi. The van der Waals surface area contributed by atoms with Gasteiger partial charge in [-0.1, -0.05) is 121 Å². The van der Waals surface area contributed by atoms with Crippen LogP contribution in [0.4, 0.5) is 0 Å². The fraction of sp³-hybridized carbons (Fsp3) is 0.333. The maximum Gasteiger partial charge on any atom is 0.258 e.